The van der Waals surface area contributed by atoms with E-state index in [1.54, 1.807) is 41.3 Å². The number of nitrogens with one attached hydrogen (secondary N) is 1. The summed E-state index contributed by atoms with van der Waals surface area (Å²) in [5, 5.41) is 0.0807. The van der Waals surface area contributed by atoms with Gasteiger partial charge in [-0.1, -0.05) is 47.0 Å². The molecule has 0 atom stereocenters. The molecule has 4 rings (SSSR count). The van der Waals surface area contributed by atoms with Gasteiger partial charge in [-0.25, -0.2) is 16.8 Å². The lowest BCUT2D eigenvalue weighted by Crippen LogP contribution is -2.50. The molecule has 190 valence electrons. The molecule has 0 aromatic heterocycles. The molecule has 0 saturated carbocycles. The number of halogens is 1. The topological polar surface area (TPSA) is 104 Å². The molecule has 36 heavy (non-hydrogen) atoms. The van der Waals surface area contributed by atoms with Gasteiger partial charge >= 0.3 is 0 Å². The molecular formula is C25H26ClN3O5S2. The molecule has 1 heterocycles. The number of rotatable bonds is 6. The third-order valence-corrected chi connectivity index (χ3v) is 9.58. The van der Waals surface area contributed by atoms with E-state index in [0.717, 1.165) is 11.1 Å². The molecule has 0 unspecified atom stereocenters. The van der Waals surface area contributed by atoms with Crippen molar-refractivity contribution in [3.8, 4) is 0 Å². The summed E-state index contributed by atoms with van der Waals surface area (Å²) in [5.41, 5.74) is 2.34. The molecule has 8 nitrogen and oxygen atoms in total. The zero-order chi connectivity index (χ0) is 26.1. The summed E-state index contributed by atoms with van der Waals surface area (Å²) in [7, 11) is -7.48. The minimum absolute atomic E-state index is 0.0807. The fraction of sp³-hybridized carbons (Fsp3) is 0.240. The minimum atomic E-state index is -3.84. The number of hydrogen-bond acceptors (Lipinski definition) is 5. The Morgan fingerprint density at radius 1 is 0.778 bits per heavy atom. The number of anilines is 1. The number of hydrogen-bond donors (Lipinski definition) is 1. The second-order valence-electron chi connectivity index (χ2n) is 8.62. The molecule has 1 N–H and O–H groups in total. The number of piperazine rings is 1. The SMILES string of the molecule is Cc1ccc(S(=O)(=O)Nc2ccc(C(=O)N3CCN(S(=O)(=O)c4ccc(C)cc4)CC3)cc2Cl)cc1. The summed E-state index contributed by atoms with van der Waals surface area (Å²) in [6, 6.07) is 17.4. The number of carbonyl (C=O) groups is 1. The van der Waals surface area contributed by atoms with E-state index in [2.05, 4.69) is 4.72 Å². The quantitative estimate of drug-likeness (QED) is 0.504. The van der Waals surface area contributed by atoms with Gasteiger partial charge in [0.05, 0.1) is 20.5 Å². The van der Waals surface area contributed by atoms with Gasteiger partial charge in [-0.05, 0) is 56.3 Å². The van der Waals surface area contributed by atoms with Crippen molar-refractivity contribution < 1.29 is 21.6 Å². The van der Waals surface area contributed by atoms with Crippen molar-refractivity contribution in [3.05, 3.63) is 88.4 Å². The van der Waals surface area contributed by atoms with Crippen LogP contribution in [-0.2, 0) is 20.0 Å². The van der Waals surface area contributed by atoms with Crippen LogP contribution in [0.25, 0.3) is 0 Å². The van der Waals surface area contributed by atoms with Gasteiger partial charge in [-0.2, -0.15) is 4.31 Å². The first-order chi connectivity index (χ1) is 17.0. The predicted molar refractivity (Wildman–Crippen MR) is 139 cm³/mol. The number of carbonyl (C=O) groups excluding carboxylic acids is 1. The largest absolute Gasteiger partial charge is 0.336 e. The van der Waals surface area contributed by atoms with Crippen LogP contribution in [0.15, 0.2) is 76.5 Å². The van der Waals surface area contributed by atoms with E-state index in [4.69, 9.17) is 11.6 Å². The first kappa shape index (κ1) is 26.2. The van der Waals surface area contributed by atoms with Crippen molar-refractivity contribution in [2.24, 2.45) is 0 Å². The van der Waals surface area contributed by atoms with Gasteiger partial charge < -0.3 is 4.90 Å². The Hall–Kier alpha value is -2.92. The Morgan fingerprint density at radius 2 is 1.31 bits per heavy atom. The smallest absolute Gasteiger partial charge is 0.261 e. The standard InChI is InChI=1S/C25H26ClN3O5S2/c1-18-3-8-21(9-4-18)35(31,32)27-24-12-7-20(17-23(24)26)25(30)28-13-15-29(16-14-28)36(33,34)22-10-5-19(2)6-11-22/h3-12,17,27H,13-16H2,1-2H3. The molecule has 1 fully saturated rings. The van der Waals surface area contributed by atoms with Crippen LogP contribution in [0.4, 0.5) is 5.69 Å². The number of amides is 1. The number of sulfonamides is 2. The van der Waals surface area contributed by atoms with Crippen LogP contribution < -0.4 is 4.72 Å². The molecule has 3 aromatic rings. The Bertz CT molecular complexity index is 1480. The molecule has 11 heteroatoms. The molecule has 1 aliphatic heterocycles. The predicted octanol–water partition coefficient (Wildman–Crippen LogP) is 3.90. The number of aryl methyl sites for hydroxylation is 2. The van der Waals surface area contributed by atoms with Gasteiger partial charge in [0.15, 0.2) is 0 Å². The normalized spacial score (nSPS) is 15.0. The van der Waals surface area contributed by atoms with E-state index >= 15 is 0 Å². The van der Waals surface area contributed by atoms with E-state index in [0.29, 0.717) is 0 Å². The third-order valence-electron chi connectivity index (χ3n) is 5.98. The van der Waals surface area contributed by atoms with Crippen LogP contribution in [-0.4, -0.2) is 58.1 Å². The highest BCUT2D eigenvalue weighted by Crippen LogP contribution is 2.27. The first-order valence-corrected chi connectivity index (χ1v) is 14.5. The molecule has 1 aliphatic rings. The maximum atomic E-state index is 13.0. The highest BCUT2D eigenvalue weighted by Gasteiger charge is 2.30. The van der Waals surface area contributed by atoms with Crippen LogP contribution >= 0.6 is 11.6 Å². The molecule has 3 aromatic carbocycles. The lowest BCUT2D eigenvalue weighted by Gasteiger charge is -2.34. The summed E-state index contributed by atoms with van der Waals surface area (Å²) in [5.74, 6) is -0.308. The molecule has 1 amide bonds. The van der Waals surface area contributed by atoms with Crippen molar-refractivity contribution >= 4 is 43.2 Å². The average molecular weight is 548 g/mol. The van der Waals surface area contributed by atoms with Crippen LogP contribution in [0.2, 0.25) is 5.02 Å². The molecule has 0 spiro atoms. The van der Waals surface area contributed by atoms with Crippen molar-refractivity contribution in [1.29, 1.82) is 0 Å². The molecule has 0 bridgehead atoms. The maximum Gasteiger partial charge on any atom is 0.261 e. The van der Waals surface area contributed by atoms with Gasteiger partial charge in [0.1, 0.15) is 0 Å². The Balaban J connectivity index is 1.42. The molecule has 0 radical (unpaired) electrons. The lowest BCUT2D eigenvalue weighted by atomic mass is 10.1. The Morgan fingerprint density at radius 3 is 1.83 bits per heavy atom. The maximum absolute atomic E-state index is 13.0. The zero-order valence-corrected chi connectivity index (χ0v) is 22.2. The summed E-state index contributed by atoms with van der Waals surface area (Å²) in [6.45, 7) is 4.54. The van der Waals surface area contributed by atoms with Crippen molar-refractivity contribution in [1.82, 2.24) is 9.21 Å². The first-order valence-electron chi connectivity index (χ1n) is 11.2. The second kappa shape index (κ2) is 10.2. The Kier molecular flexibility index (Phi) is 7.42. The van der Waals surface area contributed by atoms with Gasteiger partial charge in [0, 0.05) is 31.7 Å². The number of benzene rings is 3. The second-order valence-corrected chi connectivity index (χ2v) is 12.7. The lowest BCUT2D eigenvalue weighted by molar-refractivity contribution is 0.0698. The summed E-state index contributed by atoms with van der Waals surface area (Å²) in [6.07, 6.45) is 0. The van der Waals surface area contributed by atoms with Crippen molar-refractivity contribution in [2.75, 3.05) is 30.9 Å². The fourth-order valence-corrected chi connectivity index (χ4v) is 6.61. The highest BCUT2D eigenvalue weighted by atomic mass is 35.5. The van der Waals surface area contributed by atoms with Gasteiger partial charge in [-0.3, -0.25) is 9.52 Å². The van der Waals surface area contributed by atoms with E-state index in [1.807, 2.05) is 13.8 Å². The van der Waals surface area contributed by atoms with Crippen molar-refractivity contribution in [3.63, 3.8) is 0 Å². The van der Waals surface area contributed by atoms with Gasteiger partial charge in [0.25, 0.3) is 15.9 Å². The summed E-state index contributed by atoms with van der Waals surface area (Å²) < 4.78 is 55.0. The monoisotopic (exact) mass is 547 g/mol. The van der Waals surface area contributed by atoms with E-state index < -0.39 is 20.0 Å². The van der Waals surface area contributed by atoms with Gasteiger partial charge in [0.2, 0.25) is 10.0 Å². The third kappa shape index (κ3) is 5.57. The van der Waals surface area contributed by atoms with E-state index in [-0.39, 0.29) is 58.2 Å². The van der Waals surface area contributed by atoms with Crippen molar-refractivity contribution in [2.45, 2.75) is 23.6 Å². The van der Waals surface area contributed by atoms with Crippen LogP contribution in [0, 0.1) is 13.8 Å². The Labute approximate surface area is 216 Å². The highest BCUT2D eigenvalue weighted by molar-refractivity contribution is 7.92. The van der Waals surface area contributed by atoms with Crippen LogP contribution in [0.3, 0.4) is 0 Å². The number of nitrogens with zero attached hydrogens (tertiary/aromatic N) is 2. The summed E-state index contributed by atoms with van der Waals surface area (Å²) >= 11 is 6.31. The van der Waals surface area contributed by atoms with Crippen LogP contribution in [0.1, 0.15) is 21.5 Å². The average Bonchev–Trinajstić information content (AvgIpc) is 2.85. The van der Waals surface area contributed by atoms with Crippen LogP contribution in [0.5, 0.6) is 0 Å². The molecule has 0 aliphatic carbocycles. The summed E-state index contributed by atoms with van der Waals surface area (Å²) in [4.78, 5) is 14.9. The molecule has 1 saturated heterocycles. The zero-order valence-electron chi connectivity index (χ0n) is 19.8. The minimum Gasteiger partial charge on any atom is -0.336 e. The van der Waals surface area contributed by atoms with Gasteiger partial charge in [-0.15, -0.1) is 0 Å². The van der Waals surface area contributed by atoms with E-state index in [1.165, 1.54) is 34.6 Å². The fourth-order valence-electron chi connectivity index (χ4n) is 3.83. The van der Waals surface area contributed by atoms with E-state index in [9.17, 15) is 21.6 Å². The molecular weight excluding hydrogens is 522 g/mol.